The van der Waals surface area contributed by atoms with E-state index >= 15 is 0 Å². The van der Waals surface area contributed by atoms with Crippen LogP contribution in [0.25, 0.3) is 0 Å². The number of benzene rings is 1. The maximum absolute atomic E-state index is 11.8. The highest BCUT2D eigenvalue weighted by atomic mass is 16.2. The third-order valence-corrected chi connectivity index (χ3v) is 2.51. The van der Waals surface area contributed by atoms with Crippen molar-refractivity contribution in [2.45, 2.75) is 13.5 Å². The smallest absolute Gasteiger partial charge is 0.295 e. The number of carbonyl (C=O) groups is 1. The number of hydrogen-bond donors (Lipinski definition) is 2. The van der Waals surface area contributed by atoms with Gasteiger partial charge in [0, 0.05) is 12.2 Å². The quantitative estimate of drug-likeness (QED) is 0.871. The van der Waals surface area contributed by atoms with E-state index in [0.29, 0.717) is 5.82 Å². The molecule has 0 atom stereocenters. The number of H-pyrrole nitrogens is 1. The SMILES string of the molecule is Cc1nc(C(=O)Nc2ccc(CN(C)C)cc2)n[nH]1. The third-order valence-electron chi connectivity index (χ3n) is 2.51. The Morgan fingerprint density at radius 1 is 1.32 bits per heavy atom. The van der Waals surface area contributed by atoms with Gasteiger partial charge in [0.15, 0.2) is 0 Å². The van der Waals surface area contributed by atoms with Crippen LogP contribution in [0.1, 0.15) is 22.0 Å². The number of nitrogens with one attached hydrogen (secondary N) is 2. The zero-order valence-electron chi connectivity index (χ0n) is 11.3. The van der Waals surface area contributed by atoms with Gasteiger partial charge in [-0.15, -0.1) is 5.10 Å². The molecule has 100 valence electrons. The van der Waals surface area contributed by atoms with Gasteiger partial charge in [0.1, 0.15) is 5.82 Å². The van der Waals surface area contributed by atoms with Crippen LogP contribution in [0.2, 0.25) is 0 Å². The van der Waals surface area contributed by atoms with Crippen molar-refractivity contribution in [2.24, 2.45) is 0 Å². The van der Waals surface area contributed by atoms with Gasteiger partial charge in [0.05, 0.1) is 0 Å². The molecule has 1 heterocycles. The number of aryl methyl sites for hydroxylation is 1. The molecule has 0 unspecified atom stereocenters. The molecule has 2 N–H and O–H groups in total. The lowest BCUT2D eigenvalue weighted by Gasteiger charge is -2.10. The number of rotatable bonds is 4. The van der Waals surface area contributed by atoms with Gasteiger partial charge in [-0.3, -0.25) is 9.89 Å². The van der Waals surface area contributed by atoms with E-state index in [1.165, 1.54) is 5.56 Å². The molecule has 0 radical (unpaired) electrons. The molecule has 2 rings (SSSR count). The summed E-state index contributed by atoms with van der Waals surface area (Å²) >= 11 is 0. The standard InChI is InChI=1S/C13H17N5O/c1-9-14-12(17-16-9)13(19)15-11-6-4-10(5-7-11)8-18(2)3/h4-7H,8H2,1-3H3,(H,15,19)(H,14,16,17). The van der Waals surface area contributed by atoms with Gasteiger partial charge in [0.25, 0.3) is 5.91 Å². The molecular weight excluding hydrogens is 242 g/mol. The lowest BCUT2D eigenvalue weighted by molar-refractivity contribution is 0.101. The lowest BCUT2D eigenvalue weighted by atomic mass is 10.2. The predicted octanol–water partition coefficient (Wildman–Crippen LogP) is 1.43. The van der Waals surface area contributed by atoms with E-state index in [4.69, 9.17) is 0 Å². The van der Waals surface area contributed by atoms with Gasteiger partial charge < -0.3 is 10.2 Å². The molecule has 0 saturated heterocycles. The van der Waals surface area contributed by atoms with Gasteiger partial charge in [-0.05, 0) is 38.7 Å². The molecule has 0 saturated carbocycles. The average molecular weight is 259 g/mol. The summed E-state index contributed by atoms with van der Waals surface area (Å²) in [5, 5.41) is 9.21. The monoisotopic (exact) mass is 259 g/mol. The van der Waals surface area contributed by atoms with E-state index in [2.05, 4.69) is 25.4 Å². The second kappa shape index (κ2) is 5.62. The highest BCUT2D eigenvalue weighted by molar-refractivity contribution is 6.01. The average Bonchev–Trinajstić information content (AvgIpc) is 2.78. The Bertz CT molecular complexity index is 559. The van der Waals surface area contributed by atoms with Crippen LogP contribution < -0.4 is 5.32 Å². The van der Waals surface area contributed by atoms with Crippen molar-refractivity contribution in [3.8, 4) is 0 Å². The van der Waals surface area contributed by atoms with Crippen molar-refractivity contribution in [2.75, 3.05) is 19.4 Å². The first-order valence-corrected chi connectivity index (χ1v) is 5.98. The number of nitrogens with zero attached hydrogens (tertiary/aromatic N) is 3. The fourth-order valence-electron chi connectivity index (χ4n) is 1.69. The van der Waals surface area contributed by atoms with Gasteiger partial charge in [-0.1, -0.05) is 12.1 Å². The Morgan fingerprint density at radius 2 is 2.00 bits per heavy atom. The minimum atomic E-state index is -0.315. The van der Waals surface area contributed by atoms with Crippen LogP contribution in [-0.2, 0) is 6.54 Å². The van der Waals surface area contributed by atoms with Crippen LogP contribution in [0.15, 0.2) is 24.3 Å². The van der Waals surface area contributed by atoms with E-state index in [0.717, 1.165) is 12.2 Å². The predicted molar refractivity (Wildman–Crippen MR) is 72.9 cm³/mol. The number of anilines is 1. The molecule has 0 aliphatic carbocycles. The summed E-state index contributed by atoms with van der Waals surface area (Å²) < 4.78 is 0. The van der Waals surface area contributed by atoms with Gasteiger partial charge in [-0.2, -0.15) is 0 Å². The van der Waals surface area contributed by atoms with Crippen LogP contribution in [0.5, 0.6) is 0 Å². The zero-order chi connectivity index (χ0) is 13.8. The third kappa shape index (κ3) is 3.62. The Morgan fingerprint density at radius 3 is 2.53 bits per heavy atom. The van der Waals surface area contributed by atoms with Crippen LogP contribution in [-0.4, -0.2) is 40.1 Å². The second-order valence-electron chi connectivity index (χ2n) is 4.63. The molecule has 2 aromatic rings. The Kier molecular flexibility index (Phi) is 3.91. The molecule has 19 heavy (non-hydrogen) atoms. The van der Waals surface area contributed by atoms with Crippen molar-refractivity contribution in [1.29, 1.82) is 0 Å². The van der Waals surface area contributed by atoms with E-state index in [1.807, 2.05) is 38.4 Å². The van der Waals surface area contributed by atoms with Crippen molar-refractivity contribution >= 4 is 11.6 Å². The van der Waals surface area contributed by atoms with E-state index in [1.54, 1.807) is 6.92 Å². The van der Waals surface area contributed by atoms with Crippen molar-refractivity contribution in [1.82, 2.24) is 20.1 Å². The fourth-order valence-corrected chi connectivity index (χ4v) is 1.69. The van der Waals surface area contributed by atoms with Crippen molar-refractivity contribution in [3.63, 3.8) is 0 Å². The maximum atomic E-state index is 11.8. The highest BCUT2D eigenvalue weighted by Crippen LogP contribution is 2.11. The summed E-state index contributed by atoms with van der Waals surface area (Å²) in [6, 6.07) is 7.71. The molecule has 0 bridgehead atoms. The summed E-state index contributed by atoms with van der Waals surface area (Å²) in [6.07, 6.45) is 0. The molecule has 6 heteroatoms. The summed E-state index contributed by atoms with van der Waals surface area (Å²) in [4.78, 5) is 17.9. The van der Waals surface area contributed by atoms with Gasteiger partial charge in [-0.25, -0.2) is 4.98 Å². The summed E-state index contributed by atoms with van der Waals surface area (Å²) in [6.45, 7) is 2.62. The number of hydrogen-bond acceptors (Lipinski definition) is 4. The van der Waals surface area contributed by atoms with E-state index in [-0.39, 0.29) is 11.7 Å². The first-order valence-electron chi connectivity index (χ1n) is 5.98. The minimum absolute atomic E-state index is 0.148. The topological polar surface area (TPSA) is 73.9 Å². The van der Waals surface area contributed by atoms with Crippen LogP contribution >= 0.6 is 0 Å². The van der Waals surface area contributed by atoms with Crippen LogP contribution in [0.4, 0.5) is 5.69 Å². The largest absolute Gasteiger partial charge is 0.319 e. The lowest BCUT2D eigenvalue weighted by Crippen LogP contribution is -2.14. The second-order valence-corrected chi connectivity index (χ2v) is 4.63. The molecule has 1 aromatic carbocycles. The Hall–Kier alpha value is -2.21. The number of amides is 1. The zero-order valence-corrected chi connectivity index (χ0v) is 11.3. The first-order chi connectivity index (χ1) is 9.04. The summed E-state index contributed by atoms with van der Waals surface area (Å²) in [5.74, 6) is 0.450. The fraction of sp³-hybridized carbons (Fsp3) is 0.308. The van der Waals surface area contributed by atoms with Crippen LogP contribution in [0.3, 0.4) is 0 Å². The van der Waals surface area contributed by atoms with Gasteiger partial charge >= 0.3 is 0 Å². The first kappa shape index (κ1) is 13.2. The van der Waals surface area contributed by atoms with Gasteiger partial charge in [0.2, 0.25) is 5.82 Å². The summed E-state index contributed by atoms with van der Waals surface area (Å²) in [5.41, 5.74) is 1.92. The molecule has 0 fully saturated rings. The maximum Gasteiger partial charge on any atom is 0.295 e. The molecule has 6 nitrogen and oxygen atoms in total. The van der Waals surface area contributed by atoms with Crippen molar-refractivity contribution < 1.29 is 4.79 Å². The molecule has 0 aliphatic rings. The number of aromatic nitrogens is 3. The van der Waals surface area contributed by atoms with E-state index < -0.39 is 0 Å². The number of aromatic amines is 1. The number of carbonyl (C=O) groups excluding carboxylic acids is 1. The Labute approximate surface area is 111 Å². The highest BCUT2D eigenvalue weighted by Gasteiger charge is 2.11. The minimum Gasteiger partial charge on any atom is -0.319 e. The van der Waals surface area contributed by atoms with Crippen LogP contribution in [0, 0.1) is 6.92 Å². The molecule has 1 amide bonds. The molecule has 0 spiro atoms. The molecular formula is C13H17N5O. The summed E-state index contributed by atoms with van der Waals surface area (Å²) in [7, 11) is 4.03. The molecule has 0 aliphatic heterocycles. The van der Waals surface area contributed by atoms with Crippen molar-refractivity contribution in [3.05, 3.63) is 41.5 Å². The van der Waals surface area contributed by atoms with E-state index in [9.17, 15) is 4.79 Å². The Balaban J connectivity index is 2.01. The normalized spacial score (nSPS) is 10.7. The molecule has 1 aromatic heterocycles.